The van der Waals surface area contributed by atoms with Gasteiger partial charge in [0.05, 0.1) is 11.6 Å². The van der Waals surface area contributed by atoms with Crippen LogP contribution in [0, 0.1) is 17.6 Å². The highest BCUT2D eigenvalue weighted by Crippen LogP contribution is 2.22. The normalized spacial score (nSPS) is 18.1. The molecule has 0 spiro atoms. The molecule has 0 bridgehead atoms. The van der Waals surface area contributed by atoms with Crippen LogP contribution in [-0.2, 0) is 11.3 Å². The molecule has 2 aromatic rings. The third-order valence-corrected chi connectivity index (χ3v) is 4.85. The molecule has 1 amide bonds. The van der Waals surface area contributed by atoms with Gasteiger partial charge in [0.2, 0.25) is 5.91 Å². The topological polar surface area (TPSA) is 32.3 Å². The van der Waals surface area contributed by atoms with Crippen molar-refractivity contribution in [3.8, 4) is 0 Å². The van der Waals surface area contributed by atoms with Gasteiger partial charge in [0.25, 0.3) is 0 Å². The van der Waals surface area contributed by atoms with Crippen LogP contribution >= 0.6 is 15.9 Å². The molecule has 1 aliphatic rings. The maximum Gasteiger partial charge on any atom is 0.228 e. The van der Waals surface area contributed by atoms with Crippen LogP contribution in [-0.4, -0.2) is 23.9 Å². The van der Waals surface area contributed by atoms with E-state index in [0.29, 0.717) is 6.54 Å². The van der Waals surface area contributed by atoms with Gasteiger partial charge in [-0.25, -0.2) is 8.78 Å². The molecule has 6 heteroatoms. The molecule has 0 saturated carbocycles. The second-order valence-electron chi connectivity index (χ2n) is 6.32. The van der Waals surface area contributed by atoms with Gasteiger partial charge in [0.1, 0.15) is 11.6 Å². The first-order valence-electron chi connectivity index (χ1n) is 8.24. The number of anilines is 1. The maximum absolute atomic E-state index is 13.7. The fourth-order valence-corrected chi connectivity index (χ4v) is 3.58. The van der Waals surface area contributed by atoms with Crippen molar-refractivity contribution in [2.24, 2.45) is 5.92 Å². The van der Waals surface area contributed by atoms with Gasteiger partial charge in [-0.05, 0) is 49.2 Å². The van der Waals surface area contributed by atoms with Crippen LogP contribution in [0.3, 0.4) is 0 Å². The lowest BCUT2D eigenvalue weighted by Gasteiger charge is -2.32. The van der Waals surface area contributed by atoms with E-state index in [4.69, 9.17) is 0 Å². The zero-order valence-corrected chi connectivity index (χ0v) is 15.2. The molecule has 3 rings (SSSR count). The Hall–Kier alpha value is -1.79. The quantitative estimate of drug-likeness (QED) is 0.802. The van der Waals surface area contributed by atoms with E-state index < -0.39 is 11.6 Å². The summed E-state index contributed by atoms with van der Waals surface area (Å²) in [6.45, 7) is 2.33. The number of nitrogens with zero attached hydrogens (tertiary/aromatic N) is 1. The molecular weight excluding hydrogens is 390 g/mol. The van der Waals surface area contributed by atoms with E-state index in [-0.39, 0.29) is 17.5 Å². The van der Waals surface area contributed by atoms with Gasteiger partial charge in [0.15, 0.2) is 0 Å². The number of amides is 1. The maximum atomic E-state index is 13.7. The van der Waals surface area contributed by atoms with Gasteiger partial charge in [0, 0.05) is 23.6 Å². The predicted octanol–water partition coefficient (Wildman–Crippen LogP) is 4.58. The Balaban J connectivity index is 1.61. The molecule has 0 aliphatic carbocycles. The Bertz CT molecular complexity index is 769. The van der Waals surface area contributed by atoms with Crippen molar-refractivity contribution in [2.75, 3.05) is 18.4 Å². The second-order valence-corrected chi connectivity index (χ2v) is 7.23. The zero-order valence-electron chi connectivity index (χ0n) is 13.6. The Labute approximate surface area is 154 Å². The van der Waals surface area contributed by atoms with Crippen molar-refractivity contribution in [3.05, 3.63) is 64.1 Å². The molecule has 2 aromatic carbocycles. The summed E-state index contributed by atoms with van der Waals surface area (Å²) in [5.41, 5.74) is 1.20. The van der Waals surface area contributed by atoms with E-state index in [9.17, 15) is 13.6 Å². The van der Waals surface area contributed by atoms with E-state index in [1.807, 2.05) is 12.1 Å². The summed E-state index contributed by atoms with van der Waals surface area (Å²) in [6, 6.07) is 11.3. The molecule has 3 nitrogen and oxygen atoms in total. The Morgan fingerprint density at radius 1 is 1.24 bits per heavy atom. The van der Waals surface area contributed by atoms with Crippen molar-refractivity contribution < 1.29 is 13.6 Å². The first-order chi connectivity index (χ1) is 12.0. The molecule has 1 N–H and O–H groups in total. The van der Waals surface area contributed by atoms with Crippen LogP contribution in [0.1, 0.15) is 18.4 Å². The number of carbonyl (C=O) groups excluding carboxylic acids is 1. The smallest absolute Gasteiger partial charge is 0.228 e. The number of nitrogens with one attached hydrogen (secondary N) is 1. The highest BCUT2D eigenvalue weighted by Gasteiger charge is 2.26. The number of benzene rings is 2. The standard InChI is InChI=1S/C19H19BrF2N2O/c20-15-5-1-3-13(9-15)11-24-8-2-4-14(12-24)19(25)23-18-7-6-16(21)10-17(18)22/h1,3,5-7,9-10,14H,2,4,8,11-12H2,(H,23,25). The predicted molar refractivity (Wildman–Crippen MR) is 97.1 cm³/mol. The molecule has 1 fully saturated rings. The van der Waals surface area contributed by atoms with Crippen molar-refractivity contribution in [3.63, 3.8) is 0 Å². The first kappa shape index (κ1) is 18.0. The average Bonchev–Trinajstić information content (AvgIpc) is 2.57. The Morgan fingerprint density at radius 3 is 2.84 bits per heavy atom. The van der Waals surface area contributed by atoms with Crippen molar-refractivity contribution in [1.82, 2.24) is 4.90 Å². The van der Waals surface area contributed by atoms with Crippen LogP contribution < -0.4 is 5.32 Å². The van der Waals surface area contributed by atoms with Crippen molar-refractivity contribution >= 4 is 27.5 Å². The van der Waals surface area contributed by atoms with Gasteiger partial charge >= 0.3 is 0 Å². The molecule has 25 heavy (non-hydrogen) atoms. The number of piperidine rings is 1. The number of likely N-dealkylation sites (tertiary alicyclic amines) is 1. The monoisotopic (exact) mass is 408 g/mol. The third-order valence-electron chi connectivity index (χ3n) is 4.36. The van der Waals surface area contributed by atoms with Gasteiger partial charge < -0.3 is 5.32 Å². The molecule has 132 valence electrons. The van der Waals surface area contributed by atoms with E-state index in [0.717, 1.165) is 42.5 Å². The summed E-state index contributed by atoms with van der Waals surface area (Å²) in [5.74, 6) is -1.83. The summed E-state index contributed by atoms with van der Waals surface area (Å²) in [4.78, 5) is 14.7. The van der Waals surface area contributed by atoms with Gasteiger partial charge in [-0.15, -0.1) is 0 Å². The average molecular weight is 409 g/mol. The first-order valence-corrected chi connectivity index (χ1v) is 9.03. The highest BCUT2D eigenvalue weighted by atomic mass is 79.9. The van der Waals surface area contributed by atoms with Crippen LogP contribution in [0.2, 0.25) is 0 Å². The summed E-state index contributed by atoms with van der Waals surface area (Å²) >= 11 is 3.47. The third kappa shape index (κ3) is 4.86. The Morgan fingerprint density at radius 2 is 2.08 bits per heavy atom. The van der Waals surface area contributed by atoms with Crippen LogP contribution in [0.5, 0.6) is 0 Å². The molecule has 1 unspecified atom stereocenters. The van der Waals surface area contributed by atoms with Crippen LogP contribution in [0.4, 0.5) is 14.5 Å². The highest BCUT2D eigenvalue weighted by molar-refractivity contribution is 9.10. The van der Waals surface area contributed by atoms with Gasteiger partial charge in [-0.3, -0.25) is 9.69 Å². The van der Waals surface area contributed by atoms with Crippen molar-refractivity contribution in [1.29, 1.82) is 0 Å². The number of halogens is 3. The number of hydrogen-bond donors (Lipinski definition) is 1. The number of hydrogen-bond acceptors (Lipinski definition) is 2. The molecule has 1 atom stereocenters. The molecular formula is C19H19BrF2N2O. The SMILES string of the molecule is O=C(Nc1ccc(F)cc1F)C1CCCN(Cc2cccc(Br)c2)C1. The number of rotatable bonds is 4. The van der Waals surface area contributed by atoms with E-state index in [1.54, 1.807) is 0 Å². The molecule has 0 radical (unpaired) electrons. The lowest BCUT2D eigenvalue weighted by atomic mass is 9.96. The molecule has 0 aromatic heterocycles. The molecule has 1 aliphatic heterocycles. The zero-order chi connectivity index (χ0) is 17.8. The van der Waals surface area contributed by atoms with Gasteiger partial charge in [-0.1, -0.05) is 28.1 Å². The summed E-state index contributed by atoms with van der Waals surface area (Å²) in [7, 11) is 0. The van der Waals surface area contributed by atoms with Crippen LogP contribution in [0.25, 0.3) is 0 Å². The van der Waals surface area contributed by atoms with Crippen LogP contribution in [0.15, 0.2) is 46.9 Å². The molecule has 1 saturated heterocycles. The minimum Gasteiger partial charge on any atom is -0.323 e. The largest absolute Gasteiger partial charge is 0.323 e. The summed E-state index contributed by atoms with van der Waals surface area (Å²) in [5, 5.41) is 2.59. The van der Waals surface area contributed by atoms with E-state index >= 15 is 0 Å². The fraction of sp³-hybridized carbons (Fsp3) is 0.316. The van der Waals surface area contributed by atoms with E-state index in [2.05, 4.69) is 38.3 Å². The number of carbonyl (C=O) groups is 1. The molecule has 1 heterocycles. The van der Waals surface area contributed by atoms with Gasteiger partial charge in [-0.2, -0.15) is 0 Å². The fourth-order valence-electron chi connectivity index (χ4n) is 3.13. The summed E-state index contributed by atoms with van der Waals surface area (Å²) < 4.78 is 27.7. The lowest BCUT2D eigenvalue weighted by Crippen LogP contribution is -2.40. The lowest BCUT2D eigenvalue weighted by molar-refractivity contribution is -0.121. The van der Waals surface area contributed by atoms with E-state index in [1.165, 1.54) is 11.6 Å². The summed E-state index contributed by atoms with van der Waals surface area (Å²) in [6.07, 6.45) is 1.68. The van der Waals surface area contributed by atoms with Crippen molar-refractivity contribution in [2.45, 2.75) is 19.4 Å². The minimum absolute atomic E-state index is 0.0236. The minimum atomic E-state index is -0.754. The Kier molecular flexibility index (Phi) is 5.81. The second kappa shape index (κ2) is 8.06.